The van der Waals surface area contributed by atoms with E-state index < -0.39 is 0 Å². The molecule has 0 spiro atoms. The van der Waals surface area contributed by atoms with E-state index in [2.05, 4.69) is 37.4 Å². The van der Waals surface area contributed by atoms with Gasteiger partial charge in [-0.05, 0) is 62.6 Å². The van der Waals surface area contributed by atoms with Crippen LogP contribution in [0.2, 0.25) is 5.02 Å². The molecule has 0 fully saturated rings. The molecule has 0 aliphatic heterocycles. The van der Waals surface area contributed by atoms with Gasteiger partial charge in [-0.15, -0.1) is 0 Å². The number of rotatable bonds is 5. The van der Waals surface area contributed by atoms with Gasteiger partial charge in [0, 0.05) is 6.04 Å². The molecule has 0 aliphatic rings. The first-order valence-corrected chi connectivity index (χ1v) is 7.54. The predicted octanol–water partition coefficient (Wildman–Crippen LogP) is 4.47. The highest BCUT2D eigenvalue weighted by atomic mass is 35.5. The number of hydrogen-bond acceptors (Lipinski definition) is 1. The summed E-state index contributed by atoms with van der Waals surface area (Å²) in [6.45, 7) is 4.24. The average molecular weight is 306 g/mol. The fourth-order valence-corrected chi connectivity index (χ4v) is 2.72. The summed E-state index contributed by atoms with van der Waals surface area (Å²) in [6, 6.07) is 11.8. The molecule has 1 nitrogen and oxygen atoms in total. The van der Waals surface area contributed by atoms with Gasteiger partial charge in [-0.3, -0.25) is 0 Å². The van der Waals surface area contributed by atoms with Crippen LogP contribution >= 0.6 is 11.6 Å². The van der Waals surface area contributed by atoms with E-state index in [9.17, 15) is 4.39 Å². The minimum atomic E-state index is -0.365. The molecular formula is C18H21ClFN. The summed E-state index contributed by atoms with van der Waals surface area (Å²) in [5.41, 5.74) is 4.97. The topological polar surface area (TPSA) is 12.0 Å². The van der Waals surface area contributed by atoms with Crippen molar-refractivity contribution in [3.8, 4) is 0 Å². The van der Waals surface area contributed by atoms with Crippen LogP contribution in [0.25, 0.3) is 0 Å². The van der Waals surface area contributed by atoms with Crippen LogP contribution in [0.3, 0.4) is 0 Å². The average Bonchev–Trinajstić information content (AvgIpc) is 2.46. The first-order chi connectivity index (χ1) is 9.99. The molecule has 0 bridgehead atoms. The van der Waals surface area contributed by atoms with Gasteiger partial charge in [0.05, 0.1) is 5.02 Å². The smallest absolute Gasteiger partial charge is 0.141 e. The van der Waals surface area contributed by atoms with Crippen molar-refractivity contribution in [3.05, 3.63) is 69.5 Å². The zero-order chi connectivity index (χ0) is 15.4. The molecule has 2 aromatic rings. The summed E-state index contributed by atoms with van der Waals surface area (Å²) in [7, 11) is 1.96. The zero-order valence-electron chi connectivity index (χ0n) is 12.7. The molecule has 0 saturated carbocycles. The summed E-state index contributed by atoms with van der Waals surface area (Å²) < 4.78 is 13.2. The van der Waals surface area contributed by atoms with Crippen LogP contribution < -0.4 is 5.32 Å². The molecule has 0 aliphatic carbocycles. The Hall–Kier alpha value is -1.38. The van der Waals surface area contributed by atoms with E-state index in [4.69, 9.17) is 11.6 Å². The first-order valence-electron chi connectivity index (χ1n) is 7.17. The molecule has 2 aromatic carbocycles. The Morgan fingerprint density at radius 2 is 1.86 bits per heavy atom. The van der Waals surface area contributed by atoms with E-state index in [-0.39, 0.29) is 10.8 Å². The largest absolute Gasteiger partial charge is 0.316 e. The van der Waals surface area contributed by atoms with Crippen molar-refractivity contribution in [1.82, 2.24) is 5.32 Å². The molecule has 112 valence electrons. The maximum Gasteiger partial charge on any atom is 0.141 e. The lowest BCUT2D eigenvalue weighted by Gasteiger charge is -2.18. The Kier molecular flexibility index (Phi) is 5.38. The molecule has 0 heterocycles. The first kappa shape index (κ1) is 16.0. The van der Waals surface area contributed by atoms with Crippen LogP contribution in [0, 0.1) is 19.7 Å². The van der Waals surface area contributed by atoms with Gasteiger partial charge in [-0.2, -0.15) is 0 Å². The Balaban J connectivity index is 2.12. The number of nitrogens with one attached hydrogen (secondary N) is 1. The van der Waals surface area contributed by atoms with Crippen LogP contribution in [0.5, 0.6) is 0 Å². The normalized spacial score (nSPS) is 12.4. The van der Waals surface area contributed by atoms with Gasteiger partial charge in [0.15, 0.2) is 0 Å². The van der Waals surface area contributed by atoms with Crippen LogP contribution in [0.4, 0.5) is 4.39 Å². The number of aryl methyl sites for hydroxylation is 2. The summed E-state index contributed by atoms with van der Waals surface area (Å²) in [5.74, 6) is -0.365. The summed E-state index contributed by atoms with van der Waals surface area (Å²) in [5, 5.41) is 3.53. The standard InChI is InChI=1S/C18H21ClFN/c1-12-4-5-13(2)15(8-12)11-16(21-3)9-14-6-7-18(20)17(19)10-14/h4-8,10,16,21H,9,11H2,1-3H3. The van der Waals surface area contributed by atoms with Crippen molar-refractivity contribution in [1.29, 1.82) is 0 Å². The second-order valence-corrected chi connectivity index (χ2v) is 5.98. The molecule has 0 radical (unpaired) electrons. The van der Waals surface area contributed by atoms with Gasteiger partial charge in [0.1, 0.15) is 5.82 Å². The fourth-order valence-electron chi connectivity index (χ4n) is 2.51. The molecule has 0 amide bonds. The van der Waals surface area contributed by atoms with E-state index in [1.54, 1.807) is 12.1 Å². The Bertz CT molecular complexity index is 625. The molecular weight excluding hydrogens is 285 g/mol. The van der Waals surface area contributed by atoms with E-state index in [0.29, 0.717) is 6.04 Å². The lowest BCUT2D eigenvalue weighted by Crippen LogP contribution is -2.30. The van der Waals surface area contributed by atoms with E-state index in [1.807, 2.05) is 7.05 Å². The van der Waals surface area contributed by atoms with E-state index >= 15 is 0 Å². The van der Waals surface area contributed by atoms with Gasteiger partial charge >= 0.3 is 0 Å². The molecule has 1 N–H and O–H groups in total. The van der Waals surface area contributed by atoms with Gasteiger partial charge in [0.25, 0.3) is 0 Å². The summed E-state index contributed by atoms with van der Waals surface area (Å²) >= 11 is 5.85. The van der Waals surface area contributed by atoms with Crippen molar-refractivity contribution < 1.29 is 4.39 Å². The molecule has 1 atom stereocenters. The second kappa shape index (κ2) is 7.06. The monoisotopic (exact) mass is 305 g/mol. The maximum absolute atomic E-state index is 13.2. The lowest BCUT2D eigenvalue weighted by molar-refractivity contribution is 0.554. The highest BCUT2D eigenvalue weighted by Gasteiger charge is 2.11. The highest BCUT2D eigenvalue weighted by Crippen LogP contribution is 2.19. The quantitative estimate of drug-likeness (QED) is 0.859. The Morgan fingerprint density at radius 3 is 2.52 bits per heavy atom. The SMILES string of the molecule is CNC(Cc1ccc(F)c(Cl)c1)Cc1cc(C)ccc1C. The Labute approximate surface area is 131 Å². The van der Waals surface area contributed by atoms with Crippen molar-refractivity contribution in [2.45, 2.75) is 32.7 Å². The number of hydrogen-bond donors (Lipinski definition) is 1. The minimum Gasteiger partial charge on any atom is -0.316 e. The van der Waals surface area contributed by atoms with E-state index in [1.165, 1.54) is 22.8 Å². The second-order valence-electron chi connectivity index (χ2n) is 5.57. The van der Waals surface area contributed by atoms with E-state index in [0.717, 1.165) is 18.4 Å². The minimum absolute atomic E-state index is 0.189. The molecule has 21 heavy (non-hydrogen) atoms. The molecule has 0 saturated heterocycles. The van der Waals surface area contributed by atoms with Crippen molar-refractivity contribution in [3.63, 3.8) is 0 Å². The molecule has 0 aromatic heterocycles. The molecule has 1 unspecified atom stereocenters. The van der Waals surface area contributed by atoms with Gasteiger partial charge in [0.2, 0.25) is 0 Å². The molecule has 2 rings (SSSR count). The van der Waals surface area contributed by atoms with Crippen LogP contribution in [0.1, 0.15) is 22.3 Å². The third-order valence-electron chi connectivity index (χ3n) is 3.85. The zero-order valence-corrected chi connectivity index (χ0v) is 13.5. The predicted molar refractivity (Wildman–Crippen MR) is 87.6 cm³/mol. The lowest BCUT2D eigenvalue weighted by atomic mass is 9.95. The molecule has 3 heteroatoms. The number of halogens is 2. The highest BCUT2D eigenvalue weighted by molar-refractivity contribution is 6.30. The van der Waals surface area contributed by atoms with Crippen LogP contribution in [-0.2, 0) is 12.8 Å². The fraction of sp³-hybridized carbons (Fsp3) is 0.333. The van der Waals surface area contributed by atoms with Gasteiger partial charge in [-0.25, -0.2) is 4.39 Å². The third kappa shape index (κ3) is 4.29. The van der Waals surface area contributed by atoms with Gasteiger partial charge in [-0.1, -0.05) is 41.4 Å². The van der Waals surface area contributed by atoms with Gasteiger partial charge < -0.3 is 5.32 Å². The van der Waals surface area contributed by atoms with Crippen LogP contribution in [0.15, 0.2) is 36.4 Å². The van der Waals surface area contributed by atoms with Crippen LogP contribution in [-0.4, -0.2) is 13.1 Å². The summed E-state index contributed by atoms with van der Waals surface area (Å²) in [6.07, 6.45) is 1.77. The third-order valence-corrected chi connectivity index (χ3v) is 4.13. The maximum atomic E-state index is 13.2. The van der Waals surface area contributed by atoms with Crippen molar-refractivity contribution in [2.24, 2.45) is 0 Å². The number of likely N-dealkylation sites (N-methyl/N-ethyl adjacent to an activating group) is 1. The van der Waals surface area contributed by atoms with Crippen molar-refractivity contribution >= 4 is 11.6 Å². The summed E-state index contributed by atoms with van der Waals surface area (Å²) in [4.78, 5) is 0. The number of benzene rings is 2. The van der Waals surface area contributed by atoms with Crippen molar-refractivity contribution in [2.75, 3.05) is 7.05 Å². The Morgan fingerprint density at radius 1 is 1.10 bits per heavy atom.